The van der Waals surface area contributed by atoms with Crippen molar-refractivity contribution in [2.24, 2.45) is 0 Å². The van der Waals surface area contributed by atoms with Crippen molar-refractivity contribution in [1.29, 1.82) is 0 Å². The summed E-state index contributed by atoms with van der Waals surface area (Å²) in [6.45, 7) is 5.73. The molecular weight excluding hydrogens is 408 g/mol. The normalized spacial score (nSPS) is 16.6. The molecule has 0 aliphatic carbocycles. The second-order valence-corrected chi connectivity index (χ2v) is 7.52. The molecule has 2 aromatic carbocycles. The number of hydrogen-bond donors (Lipinski definition) is 1. The van der Waals surface area contributed by atoms with Crippen LogP contribution >= 0.6 is 0 Å². The molecule has 1 N–H and O–H groups in total. The zero-order chi connectivity index (χ0) is 21.6. The maximum absolute atomic E-state index is 5.87. The van der Waals surface area contributed by atoms with Gasteiger partial charge in [-0.15, -0.1) is 0 Å². The van der Waals surface area contributed by atoms with Gasteiger partial charge in [0, 0.05) is 31.9 Å². The van der Waals surface area contributed by atoms with E-state index in [2.05, 4.69) is 25.1 Å². The topological polar surface area (TPSA) is 84.9 Å². The molecule has 2 aliphatic heterocycles. The first-order valence-electron chi connectivity index (χ1n) is 10.8. The number of para-hydroxylation sites is 1. The zero-order valence-corrected chi connectivity index (χ0v) is 17.8. The highest BCUT2D eigenvalue weighted by atomic mass is 16.5. The third-order valence-corrected chi connectivity index (χ3v) is 5.29. The summed E-state index contributed by atoms with van der Waals surface area (Å²) in [5, 5.41) is 3.32. The van der Waals surface area contributed by atoms with Crippen molar-refractivity contribution in [1.82, 2.24) is 15.0 Å². The van der Waals surface area contributed by atoms with Crippen LogP contribution in [0, 0.1) is 0 Å². The van der Waals surface area contributed by atoms with Crippen molar-refractivity contribution in [2.75, 3.05) is 67.7 Å². The maximum Gasteiger partial charge on any atom is 0.233 e. The molecule has 2 fully saturated rings. The van der Waals surface area contributed by atoms with E-state index in [1.165, 1.54) is 0 Å². The minimum absolute atomic E-state index is 0.514. The fourth-order valence-corrected chi connectivity index (χ4v) is 3.58. The smallest absolute Gasteiger partial charge is 0.233 e. The Morgan fingerprint density at radius 3 is 1.75 bits per heavy atom. The average molecular weight is 435 g/mol. The summed E-state index contributed by atoms with van der Waals surface area (Å²) >= 11 is 0. The first-order chi connectivity index (χ1) is 15.8. The van der Waals surface area contributed by atoms with Gasteiger partial charge in [-0.2, -0.15) is 15.0 Å². The number of benzene rings is 2. The van der Waals surface area contributed by atoms with Crippen LogP contribution in [0.1, 0.15) is 0 Å². The lowest BCUT2D eigenvalue weighted by atomic mass is 10.3. The lowest BCUT2D eigenvalue weighted by Gasteiger charge is -2.30. The molecule has 3 aromatic rings. The predicted octanol–water partition coefficient (Wildman–Crippen LogP) is 3.08. The molecule has 9 nitrogen and oxygen atoms in total. The first kappa shape index (κ1) is 20.5. The second-order valence-electron chi connectivity index (χ2n) is 7.52. The summed E-state index contributed by atoms with van der Waals surface area (Å²) in [7, 11) is 0. The second kappa shape index (κ2) is 9.80. The zero-order valence-electron chi connectivity index (χ0n) is 17.8. The Balaban J connectivity index is 1.35. The Morgan fingerprint density at radius 1 is 0.656 bits per heavy atom. The van der Waals surface area contributed by atoms with E-state index in [0.717, 1.165) is 43.4 Å². The van der Waals surface area contributed by atoms with Crippen LogP contribution in [-0.2, 0) is 9.47 Å². The van der Waals surface area contributed by atoms with E-state index in [9.17, 15) is 0 Å². The van der Waals surface area contributed by atoms with Crippen LogP contribution in [0.15, 0.2) is 54.6 Å². The molecule has 0 bridgehead atoms. The highest BCUT2D eigenvalue weighted by Gasteiger charge is 2.20. The van der Waals surface area contributed by atoms with Crippen LogP contribution in [0.25, 0.3) is 0 Å². The van der Waals surface area contributed by atoms with Gasteiger partial charge in [0.2, 0.25) is 17.8 Å². The van der Waals surface area contributed by atoms with Gasteiger partial charge in [0.15, 0.2) is 0 Å². The fraction of sp³-hybridized carbons (Fsp3) is 0.348. The van der Waals surface area contributed by atoms with E-state index in [1.807, 2.05) is 54.6 Å². The Bertz CT molecular complexity index is 970. The summed E-state index contributed by atoms with van der Waals surface area (Å²) in [5.41, 5.74) is 0.873. The van der Waals surface area contributed by atoms with Crippen molar-refractivity contribution < 1.29 is 14.2 Å². The molecule has 0 saturated carbocycles. The van der Waals surface area contributed by atoms with E-state index in [1.54, 1.807) is 0 Å². The van der Waals surface area contributed by atoms with Crippen molar-refractivity contribution >= 4 is 23.5 Å². The van der Waals surface area contributed by atoms with Gasteiger partial charge in [-0.1, -0.05) is 18.2 Å². The van der Waals surface area contributed by atoms with Crippen molar-refractivity contribution in [3.05, 3.63) is 54.6 Å². The lowest BCUT2D eigenvalue weighted by molar-refractivity contribution is 0.121. The summed E-state index contributed by atoms with van der Waals surface area (Å²) in [4.78, 5) is 18.4. The number of nitrogens with one attached hydrogen (secondary N) is 1. The van der Waals surface area contributed by atoms with Crippen LogP contribution in [0.3, 0.4) is 0 Å². The van der Waals surface area contributed by atoms with Crippen LogP contribution in [0.5, 0.6) is 11.5 Å². The number of morpholine rings is 2. The molecule has 3 heterocycles. The maximum atomic E-state index is 5.87. The van der Waals surface area contributed by atoms with E-state index in [-0.39, 0.29) is 0 Å². The van der Waals surface area contributed by atoms with Crippen molar-refractivity contribution in [2.45, 2.75) is 0 Å². The Morgan fingerprint density at radius 2 is 1.19 bits per heavy atom. The molecule has 0 spiro atoms. The molecule has 32 heavy (non-hydrogen) atoms. The Labute approximate surface area is 187 Å². The van der Waals surface area contributed by atoms with Gasteiger partial charge >= 0.3 is 0 Å². The molecule has 0 atom stereocenters. The number of nitrogens with zero attached hydrogens (tertiary/aromatic N) is 5. The van der Waals surface area contributed by atoms with Gasteiger partial charge in [-0.25, -0.2) is 0 Å². The molecule has 2 saturated heterocycles. The first-order valence-corrected chi connectivity index (χ1v) is 10.8. The predicted molar refractivity (Wildman–Crippen MR) is 122 cm³/mol. The lowest BCUT2D eigenvalue weighted by Crippen LogP contribution is -2.40. The van der Waals surface area contributed by atoms with Crippen molar-refractivity contribution in [3.63, 3.8) is 0 Å². The highest BCUT2D eigenvalue weighted by molar-refractivity contribution is 5.57. The molecule has 5 rings (SSSR count). The Hall–Kier alpha value is -3.43. The monoisotopic (exact) mass is 434 g/mol. The van der Waals surface area contributed by atoms with Crippen LogP contribution in [0.4, 0.5) is 23.5 Å². The molecule has 0 amide bonds. The van der Waals surface area contributed by atoms with Gasteiger partial charge < -0.3 is 29.3 Å². The number of hydrogen-bond acceptors (Lipinski definition) is 9. The third-order valence-electron chi connectivity index (χ3n) is 5.29. The van der Waals surface area contributed by atoms with Crippen LogP contribution in [0.2, 0.25) is 0 Å². The molecule has 0 unspecified atom stereocenters. The number of rotatable bonds is 6. The fourth-order valence-electron chi connectivity index (χ4n) is 3.58. The van der Waals surface area contributed by atoms with Crippen LogP contribution in [-0.4, -0.2) is 67.6 Å². The molecule has 0 radical (unpaired) electrons. The number of anilines is 4. The minimum atomic E-state index is 0.514. The number of ether oxygens (including phenoxy) is 3. The van der Waals surface area contributed by atoms with Crippen LogP contribution < -0.4 is 19.9 Å². The SMILES string of the molecule is c1ccc(Oc2ccc(Nc3nc(N4CCOCC4)nc(N4CCOCC4)n3)cc2)cc1. The standard InChI is InChI=1S/C23H26N6O3/c1-2-4-19(5-3-1)32-20-8-6-18(7-9-20)24-21-25-22(28-10-14-30-15-11-28)27-23(26-21)29-12-16-31-17-13-29/h1-9H,10-17H2,(H,24,25,26,27). The largest absolute Gasteiger partial charge is 0.457 e. The summed E-state index contributed by atoms with van der Waals surface area (Å²) in [6.07, 6.45) is 0. The average Bonchev–Trinajstić information content (AvgIpc) is 2.87. The third kappa shape index (κ3) is 5.06. The van der Waals surface area contributed by atoms with E-state index in [0.29, 0.717) is 44.3 Å². The van der Waals surface area contributed by atoms with Gasteiger partial charge in [0.05, 0.1) is 26.4 Å². The number of aromatic nitrogens is 3. The quantitative estimate of drug-likeness (QED) is 0.629. The molecular formula is C23H26N6O3. The van der Waals surface area contributed by atoms with Gasteiger partial charge in [-0.05, 0) is 36.4 Å². The highest BCUT2D eigenvalue weighted by Crippen LogP contribution is 2.25. The molecule has 166 valence electrons. The minimum Gasteiger partial charge on any atom is -0.457 e. The molecule has 2 aliphatic rings. The van der Waals surface area contributed by atoms with E-state index >= 15 is 0 Å². The van der Waals surface area contributed by atoms with Gasteiger partial charge in [0.1, 0.15) is 11.5 Å². The van der Waals surface area contributed by atoms with E-state index < -0.39 is 0 Å². The van der Waals surface area contributed by atoms with E-state index in [4.69, 9.17) is 19.2 Å². The van der Waals surface area contributed by atoms with Crippen molar-refractivity contribution in [3.8, 4) is 11.5 Å². The summed E-state index contributed by atoms with van der Waals surface area (Å²) in [6, 6.07) is 17.5. The molecule has 9 heteroatoms. The molecule has 1 aromatic heterocycles. The summed E-state index contributed by atoms with van der Waals surface area (Å²) in [5.74, 6) is 3.41. The Kier molecular flexibility index (Phi) is 6.27. The van der Waals surface area contributed by atoms with Gasteiger partial charge in [-0.3, -0.25) is 0 Å². The van der Waals surface area contributed by atoms with Gasteiger partial charge in [0.25, 0.3) is 0 Å². The summed E-state index contributed by atoms with van der Waals surface area (Å²) < 4.78 is 16.8.